The van der Waals surface area contributed by atoms with Crippen molar-refractivity contribution in [2.45, 2.75) is 25.4 Å². The first-order chi connectivity index (χ1) is 16.4. The minimum Gasteiger partial charge on any atom is -0.494 e. The van der Waals surface area contributed by atoms with Crippen molar-refractivity contribution >= 4 is 39.4 Å². The van der Waals surface area contributed by atoms with Gasteiger partial charge in [-0.25, -0.2) is 4.98 Å². The number of aromatic nitrogens is 3. The van der Waals surface area contributed by atoms with Gasteiger partial charge in [-0.05, 0) is 37.1 Å². The number of likely N-dealkylation sites (tertiary alicyclic amines) is 1. The minimum atomic E-state index is -0.0681. The molecule has 4 aromatic rings. The number of amides is 2. The second-order valence-electron chi connectivity index (χ2n) is 9.10. The molecule has 6 rings (SSSR count). The molecule has 2 aliphatic heterocycles. The first kappa shape index (κ1) is 20.7. The zero-order valence-electron chi connectivity index (χ0n) is 19.2. The molecule has 2 aliphatic rings. The van der Waals surface area contributed by atoms with E-state index in [4.69, 9.17) is 15.5 Å². The molecule has 34 heavy (non-hydrogen) atoms. The zero-order chi connectivity index (χ0) is 23.6. The third-order valence-corrected chi connectivity index (χ3v) is 6.87. The average molecular weight is 459 g/mol. The number of nitrogens with zero attached hydrogens (tertiary/aromatic N) is 4. The highest BCUT2D eigenvalue weighted by atomic mass is 16.5. The Bertz CT molecular complexity index is 1480. The molecule has 4 heterocycles. The Hall–Kier alpha value is -3.85. The van der Waals surface area contributed by atoms with E-state index in [9.17, 15) is 9.59 Å². The van der Waals surface area contributed by atoms with Crippen molar-refractivity contribution in [3.8, 4) is 17.3 Å². The van der Waals surface area contributed by atoms with Crippen LogP contribution in [0.1, 0.15) is 23.2 Å². The third kappa shape index (κ3) is 3.07. The summed E-state index contributed by atoms with van der Waals surface area (Å²) in [5, 5.41) is 3.98. The number of nitrogens with one attached hydrogen (secondary N) is 1. The molecule has 0 spiro atoms. The van der Waals surface area contributed by atoms with Gasteiger partial charge in [0.05, 0.1) is 29.5 Å². The van der Waals surface area contributed by atoms with Gasteiger partial charge in [0.2, 0.25) is 5.91 Å². The van der Waals surface area contributed by atoms with Crippen molar-refractivity contribution in [1.29, 1.82) is 0 Å². The number of imidazole rings is 1. The monoisotopic (exact) mass is 458 g/mol. The maximum atomic E-state index is 13.2. The summed E-state index contributed by atoms with van der Waals surface area (Å²) < 4.78 is 9.65. The SMILES string of the molecule is COc1cc(C(=O)N2CCC[C@@H](N)C2)cc2nc(-c3cc4cccc5c4n3CC(=O)N5)n(C)c12. The van der Waals surface area contributed by atoms with E-state index >= 15 is 0 Å². The van der Waals surface area contributed by atoms with E-state index in [1.165, 1.54) is 0 Å². The van der Waals surface area contributed by atoms with Crippen molar-refractivity contribution in [2.75, 3.05) is 25.5 Å². The molecule has 1 fully saturated rings. The molecule has 2 amide bonds. The summed E-state index contributed by atoms with van der Waals surface area (Å²) in [6, 6.07) is 11.5. The normalized spacial score (nSPS) is 17.9. The Morgan fingerprint density at radius 2 is 2.09 bits per heavy atom. The quantitative estimate of drug-likeness (QED) is 0.491. The van der Waals surface area contributed by atoms with Gasteiger partial charge >= 0.3 is 0 Å². The van der Waals surface area contributed by atoms with E-state index in [0.717, 1.165) is 40.6 Å². The maximum Gasteiger partial charge on any atom is 0.254 e. The summed E-state index contributed by atoms with van der Waals surface area (Å²) in [4.78, 5) is 32.3. The minimum absolute atomic E-state index is 0.00681. The Balaban J connectivity index is 1.50. The van der Waals surface area contributed by atoms with Crippen LogP contribution in [-0.2, 0) is 18.4 Å². The molecule has 3 N–H and O–H groups in total. The predicted octanol–water partition coefficient (Wildman–Crippen LogP) is 2.72. The molecule has 0 aliphatic carbocycles. The fraction of sp³-hybridized carbons (Fsp3) is 0.320. The molecule has 9 heteroatoms. The lowest BCUT2D eigenvalue weighted by Gasteiger charge is -2.30. The van der Waals surface area contributed by atoms with Gasteiger partial charge in [0.15, 0.2) is 5.82 Å². The van der Waals surface area contributed by atoms with Crippen molar-refractivity contribution < 1.29 is 14.3 Å². The van der Waals surface area contributed by atoms with Crippen LogP contribution in [-0.4, -0.2) is 57.1 Å². The first-order valence-corrected chi connectivity index (χ1v) is 11.5. The summed E-state index contributed by atoms with van der Waals surface area (Å²) >= 11 is 0. The first-order valence-electron chi connectivity index (χ1n) is 11.5. The van der Waals surface area contributed by atoms with Crippen LogP contribution in [0.25, 0.3) is 33.5 Å². The number of carbonyl (C=O) groups excluding carboxylic acids is 2. The number of hydrogen-bond acceptors (Lipinski definition) is 5. The molecule has 2 aromatic carbocycles. The van der Waals surface area contributed by atoms with Gasteiger partial charge < -0.3 is 29.8 Å². The largest absolute Gasteiger partial charge is 0.494 e. The summed E-state index contributed by atoms with van der Waals surface area (Å²) in [5.74, 6) is 1.15. The van der Waals surface area contributed by atoms with Crippen molar-refractivity contribution in [3.63, 3.8) is 0 Å². The number of methoxy groups -OCH3 is 1. The number of carbonyl (C=O) groups is 2. The van der Waals surface area contributed by atoms with E-state index in [2.05, 4.69) is 5.32 Å². The fourth-order valence-corrected chi connectivity index (χ4v) is 5.30. The molecule has 0 saturated carbocycles. The molecule has 1 saturated heterocycles. The molecule has 2 aromatic heterocycles. The number of hydrogen-bond donors (Lipinski definition) is 2. The third-order valence-electron chi connectivity index (χ3n) is 6.87. The number of piperidine rings is 1. The van der Waals surface area contributed by atoms with Gasteiger partial charge in [-0.15, -0.1) is 0 Å². The number of benzene rings is 2. The summed E-state index contributed by atoms with van der Waals surface area (Å²) in [6.07, 6.45) is 1.84. The lowest BCUT2D eigenvalue weighted by Crippen LogP contribution is -2.45. The van der Waals surface area contributed by atoms with Crippen LogP contribution in [0, 0.1) is 0 Å². The van der Waals surface area contributed by atoms with E-state index in [0.29, 0.717) is 35.7 Å². The lowest BCUT2D eigenvalue weighted by atomic mass is 10.0. The summed E-state index contributed by atoms with van der Waals surface area (Å²) in [7, 11) is 3.52. The number of fused-ring (bicyclic) bond motifs is 1. The van der Waals surface area contributed by atoms with Crippen LogP contribution in [0.4, 0.5) is 5.69 Å². The second kappa shape index (κ2) is 7.59. The van der Waals surface area contributed by atoms with Gasteiger partial charge in [0, 0.05) is 37.1 Å². The lowest BCUT2D eigenvalue weighted by molar-refractivity contribution is -0.116. The van der Waals surface area contributed by atoms with E-state index in [1.807, 2.05) is 51.4 Å². The molecular formula is C25H26N6O3. The molecule has 1 atom stereocenters. The standard InChI is InChI=1S/C25H26N6O3/c1-29-23-18(9-15(11-20(23)34-2)25(33)30-8-4-6-16(26)12-30)28-24(29)19-10-14-5-3-7-17-22(14)31(19)13-21(32)27-17/h3,5,7,9-11,16H,4,6,8,12-13,26H2,1-2H3,(H,27,32)/t16-/m1/s1. The van der Waals surface area contributed by atoms with Gasteiger partial charge in [-0.1, -0.05) is 12.1 Å². The molecule has 174 valence electrons. The van der Waals surface area contributed by atoms with Gasteiger partial charge in [0.1, 0.15) is 17.8 Å². The van der Waals surface area contributed by atoms with Gasteiger partial charge in [-0.2, -0.15) is 0 Å². The van der Waals surface area contributed by atoms with Crippen LogP contribution in [0.15, 0.2) is 36.4 Å². The number of aryl methyl sites for hydroxylation is 1. The second-order valence-corrected chi connectivity index (χ2v) is 9.10. The van der Waals surface area contributed by atoms with E-state index in [-0.39, 0.29) is 24.4 Å². The van der Waals surface area contributed by atoms with Crippen LogP contribution < -0.4 is 15.8 Å². The number of nitrogens with two attached hydrogens (primary N) is 1. The molecular weight excluding hydrogens is 432 g/mol. The highest BCUT2D eigenvalue weighted by Gasteiger charge is 2.27. The fourth-order valence-electron chi connectivity index (χ4n) is 5.30. The Morgan fingerprint density at radius 3 is 2.88 bits per heavy atom. The number of ether oxygens (including phenoxy) is 1. The zero-order valence-corrected chi connectivity index (χ0v) is 19.2. The molecule has 0 radical (unpaired) electrons. The van der Waals surface area contributed by atoms with E-state index < -0.39 is 0 Å². The predicted molar refractivity (Wildman–Crippen MR) is 130 cm³/mol. The average Bonchev–Trinajstić information content (AvgIpc) is 3.36. The van der Waals surface area contributed by atoms with Crippen molar-refractivity contribution in [2.24, 2.45) is 12.8 Å². The van der Waals surface area contributed by atoms with E-state index in [1.54, 1.807) is 13.2 Å². The molecule has 0 bridgehead atoms. The van der Waals surface area contributed by atoms with Gasteiger partial charge in [0.25, 0.3) is 5.91 Å². The van der Waals surface area contributed by atoms with Crippen molar-refractivity contribution in [3.05, 3.63) is 42.0 Å². The van der Waals surface area contributed by atoms with Crippen LogP contribution in [0.2, 0.25) is 0 Å². The topological polar surface area (TPSA) is 107 Å². The van der Waals surface area contributed by atoms with Crippen LogP contribution in [0.5, 0.6) is 5.75 Å². The summed E-state index contributed by atoms with van der Waals surface area (Å²) in [6.45, 7) is 1.47. The molecule has 9 nitrogen and oxygen atoms in total. The highest BCUT2D eigenvalue weighted by molar-refractivity contribution is 6.06. The Kier molecular flexibility index (Phi) is 4.63. The van der Waals surface area contributed by atoms with Crippen LogP contribution in [0.3, 0.4) is 0 Å². The Labute approximate surface area is 196 Å². The van der Waals surface area contributed by atoms with Crippen LogP contribution >= 0.6 is 0 Å². The Morgan fingerprint density at radius 1 is 1.24 bits per heavy atom. The smallest absolute Gasteiger partial charge is 0.254 e. The molecule has 0 unspecified atom stereocenters. The maximum absolute atomic E-state index is 13.2. The summed E-state index contributed by atoms with van der Waals surface area (Å²) in [5.41, 5.74) is 10.7. The highest BCUT2D eigenvalue weighted by Crippen LogP contribution is 2.37. The van der Waals surface area contributed by atoms with Gasteiger partial charge in [-0.3, -0.25) is 9.59 Å². The number of para-hydroxylation sites is 1. The number of anilines is 1. The van der Waals surface area contributed by atoms with Crippen molar-refractivity contribution in [1.82, 2.24) is 19.0 Å². The number of rotatable bonds is 3.